The van der Waals surface area contributed by atoms with Crippen LogP contribution in [0.1, 0.15) is 5.82 Å². The van der Waals surface area contributed by atoms with E-state index in [0.717, 1.165) is 9.36 Å². The van der Waals surface area contributed by atoms with Gasteiger partial charge in [0.2, 0.25) is 0 Å². The highest BCUT2D eigenvalue weighted by Gasteiger charge is 2.23. The standard InChI is InChI=1S/C19H15ClN6O4/c1-30-18(28)16(17-21-12-7-3-4-8-13(12)22-17)15(27)10-25-19(29)26(24-23-25)14-9-5-2-6-11(14)20/h2-9,27H,10H2,1H3,(H,21,22)/b16-15+. The number of carbonyl (C=O) groups is 1. The summed E-state index contributed by atoms with van der Waals surface area (Å²) in [4.78, 5) is 32.3. The third-order valence-electron chi connectivity index (χ3n) is 4.32. The second-order valence-corrected chi connectivity index (χ2v) is 6.61. The van der Waals surface area contributed by atoms with Gasteiger partial charge in [0, 0.05) is 0 Å². The predicted octanol–water partition coefficient (Wildman–Crippen LogP) is 2.10. The fraction of sp³-hybridized carbons (Fsp3) is 0.105. The molecule has 0 aliphatic rings. The normalized spacial score (nSPS) is 12.1. The first kappa shape index (κ1) is 19.4. The second-order valence-electron chi connectivity index (χ2n) is 6.20. The third-order valence-corrected chi connectivity index (χ3v) is 4.64. The number of esters is 1. The molecule has 0 saturated heterocycles. The summed E-state index contributed by atoms with van der Waals surface area (Å²) in [7, 11) is 1.18. The molecule has 30 heavy (non-hydrogen) atoms. The number of hydrogen-bond donors (Lipinski definition) is 2. The van der Waals surface area contributed by atoms with Crippen LogP contribution in [-0.4, -0.2) is 47.9 Å². The van der Waals surface area contributed by atoms with E-state index in [4.69, 9.17) is 16.3 Å². The maximum absolute atomic E-state index is 12.7. The zero-order valence-corrected chi connectivity index (χ0v) is 16.4. The molecule has 0 aliphatic heterocycles. The van der Waals surface area contributed by atoms with Crippen LogP contribution in [0.2, 0.25) is 5.02 Å². The zero-order chi connectivity index (χ0) is 21.3. The fourth-order valence-electron chi connectivity index (χ4n) is 2.89. The number of para-hydroxylation sites is 3. The van der Waals surface area contributed by atoms with E-state index < -0.39 is 24.0 Å². The lowest BCUT2D eigenvalue weighted by atomic mass is 10.2. The zero-order valence-electron chi connectivity index (χ0n) is 15.6. The smallest absolute Gasteiger partial charge is 0.368 e. The summed E-state index contributed by atoms with van der Waals surface area (Å²) in [5.74, 6) is -1.18. The third kappa shape index (κ3) is 3.44. The number of allylic oxidation sites excluding steroid dienone is 1. The Morgan fingerprint density at radius 1 is 1.17 bits per heavy atom. The summed E-state index contributed by atoms with van der Waals surface area (Å²) < 4.78 is 6.67. The second kappa shape index (κ2) is 7.84. The maximum Gasteiger partial charge on any atom is 0.368 e. The van der Waals surface area contributed by atoms with Gasteiger partial charge in [-0.1, -0.05) is 35.9 Å². The van der Waals surface area contributed by atoms with E-state index in [1.807, 2.05) is 0 Å². The number of aromatic amines is 1. The number of fused-ring (bicyclic) bond motifs is 1. The van der Waals surface area contributed by atoms with Gasteiger partial charge in [-0.2, -0.15) is 9.36 Å². The van der Waals surface area contributed by atoms with E-state index in [0.29, 0.717) is 21.7 Å². The largest absolute Gasteiger partial charge is 0.509 e. The number of aliphatic hydroxyl groups excluding tert-OH is 1. The minimum Gasteiger partial charge on any atom is -0.509 e. The number of methoxy groups -OCH3 is 1. The van der Waals surface area contributed by atoms with E-state index in [9.17, 15) is 14.7 Å². The molecule has 2 aromatic heterocycles. The van der Waals surface area contributed by atoms with Crippen molar-refractivity contribution < 1.29 is 14.6 Å². The molecule has 0 bridgehead atoms. The van der Waals surface area contributed by atoms with Crippen LogP contribution in [0.3, 0.4) is 0 Å². The fourth-order valence-corrected chi connectivity index (χ4v) is 3.11. The van der Waals surface area contributed by atoms with E-state index in [1.54, 1.807) is 48.5 Å². The van der Waals surface area contributed by atoms with Crippen molar-refractivity contribution in [2.45, 2.75) is 6.54 Å². The van der Waals surface area contributed by atoms with Gasteiger partial charge in [0.05, 0.1) is 28.9 Å². The molecule has 0 radical (unpaired) electrons. The molecule has 0 unspecified atom stereocenters. The number of benzene rings is 2. The number of ether oxygens (including phenoxy) is 1. The summed E-state index contributed by atoms with van der Waals surface area (Å²) in [6, 6.07) is 13.7. The van der Waals surface area contributed by atoms with Gasteiger partial charge in [-0.3, -0.25) is 0 Å². The van der Waals surface area contributed by atoms with E-state index in [-0.39, 0.29) is 11.4 Å². The molecular formula is C19H15ClN6O4. The summed E-state index contributed by atoms with van der Waals surface area (Å²) in [5, 5.41) is 18.5. The molecule has 0 spiro atoms. The summed E-state index contributed by atoms with van der Waals surface area (Å²) in [6.45, 7) is -0.426. The Bertz CT molecular complexity index is 1300. The summed E-state index contributed by atoms with van der Waals surface area (Å²) in [5.41, 5.74) is 0.743. The topological polar surface area (TPSA) is 128 Å². The van der Waals surface area contributed by atoms with Crippen LogP contribution in [0.15, 0.2) is 59.1 Å². The Morgan fingerprint density at radius 3 is 2.63 bits per heavy atom. The Labute approximate surface area is 174 Å². The molecule has 4 rings (SSSR count). The number of aliphatic hydroxyl groups is 1. The number of aromatic nitrogens is 6. The van der Waals surface area contributed by atoms with Gasteiger partial charge in [-0.05, 0) is 34.7 Å². The minimum absolute atomic E-state index is 0.104. The van der Waals surface area contributed by atoms with Gasteiger partial charge >= 0.3 is 11.7 Å². The van der Waals surface area contributed by atoms with E-state index in [1.165, 1.54) is 7.11 Å². The van der Waals surface area contributed by atoms with Crippen molar-refractivity contribution >= 4 is 34.2 Å². The van der Waals surface area contributed by atoms with Crippen LogP contribution in [0.25, 0.3) is 22.3 Å². The highest BCUT2D eigenvalue weighted by Crippen LogP contribution is 2.21. The van der Waals surface area contributed by atoms with Crippen LogP contribution in [0.4, 0.5) is 0 Å². The molecule has 0 aliphatic carbocycles. The first-order valence-electron chi connectivity index (χ1n) is 8.73. The Morgan fingerprint density at radius 2 is 1.90 bits per heavy atom. The monoisotopic (exact) mass is 426 g/mol. The van der Waals surface area contributed by atoms with E-state index in [2.05, 4.69) is 20.4 Å². The Hall–Kier alpha value is -3.92. The van der Waals surface area contributed by atoms with Crippen molar-refractivity contribution in [3.8, 4) is 5.69 Å². The van der Waals surface area contributed by atoms with Crippen LogP contribution in [0, 0.1) is 0 Å². The quantitative estimate of drug-likeness (QED) is 0.284. The van der Waals surface area contributed by atoms with Crippen molar-refractivity contribution in [1.82, 2.24) is 29.8 Å². The van der Waals surface area contributed by atoms with E-state index >= 15 is 0 Å². The highest BCUT2D eigenvalue weighted by molar-refractivity contribution is 6.32. The highest BCUT2D eigenvalue weighted by atomic mass is 35.5. The van der Waals surface area contributed by atoms with Gasteiger partial charge in [-0.15, -0.1) is 0 Å². The van der Waals surface area contributed by atoms with Crippen molar-refractivity contribution in [3.63, 3.8) is 0 Å². The summed E-state index contributed by atoms with van der Waals surface area (Å²) in [6.07, 6.45) is 0. The number of carbonyl (C=O) groups excluding carboxylic acids is 1. The molecule has 0 fully saturated rings. The molecule has 2 aromatic carbocycles. The molecule has 2 heterocycles. The number of nitrogens with zero attached hydrogens (tertiary/aromatic N) is 5. The molecule has 4 aromatic rings. The van der Waals surface area contributed by atoms with Crippen LogP contribution >= 0.6 is 11.6 Å². The lowest BCUT2D eigenvalue weighted by Gasteiger charge is -2.06. The molecule has 0 atom stereocenters. The average molecular weight is 427 g/mol. The van der Waals surface area contributed by atoms with Gasteiger partial charge in [-0.25, -0.2) is 14.6 Å². The average Bonchev–Trinajstić information content (AvgIpc) is 3.32. The van der Waals surface area contributed by atoms with Crippen molar-refractivity contribution in [1.29, 1.82) is 0 Å². The maximum atomic E-state index is 12.7. The number of imidazole rings is 1. The van der Waals surface area contributed by atoms with Gasteiger partial charge in [0.15, 0.2) is 0 Å². The van der Waals surface area contributed by atoms with Crippen LogP contribution < -0.4 is 5.69 Å². The first-order chi connectivity index (χ1) is 14.5. The van der Waals surface area contributed by atoms with Crippen LogP contribution in [0.5, 0.6) is 0 Å². The lowest BCUT2D eigenvalue weighted by molar-refractivity contribution is -0.133. The predicted molar refractivity (Wildman–Crippen MR) is 108 cm³/mol. The molecule has 10 nitrogen and oxygen atoms in total. The minimum atomic E-state index is -0.821. The molecular weight excluding hydrogens is 412 g/mol. The Balaban J connectivity index is 1.75. The first-order valence-corrected chi connectivity index (χ1v) is 9.10. The van der Waals surface area contributed by atoms with Crippen LogP contribution in [-0.2, 0) is 16.1 Å². The molecule has 2 N–H and O–H groups in total. The van der Waals surface area contributed by atoms with Crippen molar-refractivity contribution in [2.75, 3.05) is 7.11 Å². The lowest BCUT2D eigenvalue weighted by Crippen LogP contribution is -2.26. The molecule has 152 valence electrons. The SMILES string of the molecule is COC(=O)/C(=C(/O)Cn1nnn(-c2ccccc2Cl)c1=O)c1nc2ccccc2[nH]1. The molecule has 0 saturated carbocycles. The van der Waals surface area contributed by atoms with Gasteiger partial charge in [0.1, 0.15) is 23.7 Å². The molecule has 0 amide bonds. The van der Waals surface area contributed by atoms with Crippen molar-refractivity contribution in [2.24, 2.45) is 0 Å². The number of rotatable bonds is 5. The number of H-pyrrole nitrogens is 1. The van der Waals surface area contributed by atoms with Crippen molar-refractivity contribution in [3.05, 3.63) is 75.6 Å². The summed E-state index contributed by atoms with van der Waals surface area (Å²) >= 11 is 6.11. The number of halogens is 1. The number of tetrazole rings is 1. The van der Waals surface area contributed by atoms with Gasteiger partial charge < -0.3 is 14.8 Å². The number of nitrogens with one attached hydrogen (secondary N) is 1. The Kier molecular flexibility index (Phi) is 5.07. The van der Waals surface area contributed by atoms with Gasteiger partial charge in [0.25, 0.3) is 0 Å². The number of hydrogen-bond acceptors (Lipinski definition) is 7. The molecule has 11 heteroatoms.